The Bertz CT molecular complexity index is 568. The predicted octanol–water partition coefficient (Wildman–Crippen LogP) is 0.505. The summed E-state index contributed by atoms with van der Waals surface area (Å²) in [7, 11) is 1.52. The lowest BCUT2D eigenvalue weighted by Gasteiger charge is -2.10. The largest absolute Gasteiger partial charge is 0.383 e. The van der Waals surface area contributed by atoms with Crippen molar-refractivity contribution < 1.29 is 9.53 Å². The Morgan fingerprint density at radius 3 is 2.86 bits per heavy atom. The summed E-state index contributed by atoms with van der Waals surface area (Å²) in [6.45, 7) is 0.719. The number of carbonyl (C=O) groups excluding carboxylic acids is 1. The summed E-state index contributed by atoms with van der Waals surface area (Å²) in [5.41, 5.74) is 7.56. The zero-order valence-electron chi connectivity index (χ0n) is 12.0. The third-order valence-corrected chi connectivity index (χ3v) is 3.03. The molecular weight excluding hydrogens is 268 g/mol. The van der Waals surface area contributed by atoms with Crippen molar-refractivity contribution >= 4 is 5.91 Å². The van der Waals surface area contributed by atoms with Gasteiger partial charge in [-0.3, -0.25) is 4.79 Å². The van der Waals surface area contributed by atoms with E-state index in [-0.39, 0.29) is 12.5 Å². The van der Waals surface area contributed by atoms with Crippen LogP contribution in [-0.4, -0.2) is 42.0 Å². The number of methoxy groups -OCH3 is 1. The van der Waals surface area contributed by atoms with E-state index >= 15 is 0 Å². The van der Waals surface area contributed by atoms with E-state index in [0.29, 0.717) is 13.0 Å². The first kappa shape index (κ1) is 15.2. The molecule has 21 heavy (non-hydrogen) atoms. The molecule has 6 heteroatoms. The number of rotatable bonds is 7. The summed E-state index contributed by atoms with van der Waals surface area (Å²) in [5.74, 6) is -0.209. The van der Waals surface area contributed by atoms with E-state index < -0.39 is 6.04 Å². The second kappa shape index (κ2) is 7.56. The van der Waals surface area contributed by atoms with Crippen LogP contribution in [0.15, 0.2) is 42.6 Å². The lowest BCUT2D eigenvalue weighted by Crippen LogP contribution is -2.44. The smallest absolute Gasteiger partial charge is 0.239 e. The standard InChI is InChI=1S/C15H20N4O2/c1-21-11-14(16)15(20)17-9-7-12-8-10-19(18-12)13-5-3-2-4-6-13/h2-6,8,10,14H,7,9,11,16H2,1H3,(H,17,20). The number of hydrogen-bond donors (Lipinski definition) is 2. The molecule has 0 radical (unpaired) electrons. The number of nitrogens with two attached hydrogens (primary N) is 1. The minimum absolute atomic E-state index is 0.209. The number of nitrogens with one attached hydrogen (secondary N) is 1. The van der Waals surface area contributed by atoms with Crippen LogP contribution >= 0.6 is 0 Å². The summed E-state index contributed by atoms with van der Waals surface area (Å²) < 4.78 is 6.65. The van der Waals surface area contributed by atoms with Gasteiger partial charge in [-0.2, -0.15) is 5.10 Å². The van der Waals surface area contributed by atoms with Crippen LogP contribution in [0.25, 0.3) is 5.69 Å². The molecule has 0 fully saturated rings. The SMILES string of the molecule is COCC(N)C(=O)NCCc1ccn(-c2ccccc2)n1. The molecule has 112 valence electrons. The van der Waals surface area contributed by atoms with E-state index in [2.05, 4.69) is 10.4 Å². The number of para-hydroxylation sites is 1. The monoisotopic (exact) mass is 288 g/mol. The highest BCUT2D eigenvalue weighted by atomic mass is 16.5. The number of hydrogen-bond acceptors (Lipinski definition) is 4. The van der Waals surface area contributed by atoms with Crippen LogP contribution in [0.4, 0.5) is 0 Å². The maximum Gasteiger partial charge on any atom is 0.239 e. The van der Waals surface area contributed by atoms with Gasteiger partial charge in [0.25, 0.3) is 0 Å². The van der Waals surface area contributed by atoms with Crippen molar-refractivity contribution in [2.45, 2.75) is 12.5 Å². The van der Waals surface area contributed by atoms with Crippen molar-refractivity contribution in [3.8, 4) is 5.69 Å². The van der Waals surface area contributed by atoms with Gasteiger partial charge in [-0.15, -0.1) is 0 Å². The van der Waals surface area contributed by atoms with Crippen LogP contribution in [0.2, 0.25) is 0 Å². The highest BCUT2D eigenvalue weighted by Gasteiger charge is 2.12. The summed E-state index contributed by atoms with van der Waals surface area (Å²) in [4.78, 5) is 11.6. The molecule has 0 saturated heterocycles. The highest BCUT2D eigenvalue weighted by molar-refractivity contribution is 5.81. The van der Waals surface area contributed by atoms with E-state index in [1.165, 1.54) is 7.11 Å². The van der Waals surface area contributed by atoms with Crippen LogP contribution in [0.3, 0.4) is 0 Å². The molecule has 1 unspecified atom stereocenters. The summed E-state index contributed by atoms with van der Waals surface area (Å²) in [6, 6.07) is 11.2. The maximum atomic E-state index is 11.6. The van der Waals surface area contributed by atoms with Crippen molar-refractivity contribution in [3.63, 3.8) is 0 Å². The highest BCUT2D eigenvalue weighted by Crippen LogP contribution is 2.06. The molecule has 2 rings (SSSR count). The predicted molar refractivity (Wildman–Crippen MR) is 80.1 cm³/mol. The fraction of sp³-hybridized carbons (Fsp3) is 0.333. The molecule has 1 amide bonds. The zero-order chi connectivity index (χ0) is 15.1. The molecule has 0 aliphatic carbocycles. The number of benzene rings is 1. The van der Waals surface area contributed by atoms with Crippen molar-refractivity contribution in [1.29, 1.82) is 0 Å². The van der Waals surface area contributed by atoms with Crippen LogP contribution < -0.4 is 11.1 Å². The van der Waals surface area contributed by atoms with Crippen LogP contribution in [-0.2, 0) is 16.0 Å². The van der Waals surface area contributed by atoms with Gasteiger partial charge in [0.1, 0.15) is 6.04 Å². The fourth-order valence-electron chi connectivity index (χ4n) is 1.92. The second-order valence-electron chi connectivity index (χ2n) is 4.69. The van der Waals surface area contributed by atoms with Crippen molar-refractivity contribution in [2.75, 3.05) is 20.3 Å². The van der Waals surface area contributed by atoms with E-state index in [4.69, 9.17) is 10.5 Å². The molecular formula is C15H20N4O2. The summed E-state index contributed by atoms with van der Waals surface area (Å²) in [6.07, 6.45) is 2.56. The average Bonchev–Trinajstić information content (AvgIpc) is 2.97. The Morgan fingerprint density at radius 1 is 1.38 bits per heavy atom. The lowest BCUT2D eigenvalue weighted by atomic mass is 10.3. The molecule has 0 saturated carbocycles. The molecule has 2 aromatic rings. The number of carbonyl (C=O) groups is 1. The number of amides is 1. The van der Waals surface area contributed by atoms with Gasteiger partial charge in [-0.05, 0) is 18.2 Å². The van der Waals surface area contributed by atoms with Gasteiger partial charge >= 0.3 is 0 Å². The molecule has 0 bridgehead atoms. The van der Waals surface area contributed by atoms with Crippen LogP contribution in [0.5, 0.6) is 0 Å². The van der Waals surface area contributed by atoms with Gasteiger partial charge in [0.15, 0.2) is 0 Å². The molecule has 0 aliphatic heterocycles. The van der Waals surface area contributed by atoms with Gasteiger partial charge in [0, 0.05) is 26.3 Å². The summed E-state index contributed by atoms with van der Waals surface area (Å²) >= 11 is 0. The summed E-state index contributed by atoms with van der Waals surface area (Å²) in [5, 5.41) is 7.24. The molecule has 1 atom stereocenters. The molecule has 3 N–H and O–H groups in total. The van der Waals surface area contributed by atoms with Crippen LogP contribution in [0.1, 0.15) is 5.69 Å². The Morgan fingerprint density at radius 2 is 2.14 bits per heavy atom. The van der Waals surface area contributed by atoms with E-state index in [1.54, 1.807) is 0 Å². The minimum atomic E-state index is -0.628. The topological polar surface area (TPSA) is 82.2 Å². The van der Waals surface area contributed by atoms with Gasteiger partial charge in [-0.1, -0.05) is 18.2 Å². The Kier molecular flexibility index (Phi) is 5.48. The molecule has 0 aliphatic rings. The third-order valence-electron chi connectivity index (χ3n) is 3.03. The normalized spacial score (nSPS) is 12.1. The van der Waals surface area contributed by atoms with E-state index in [1.807, 2.05) is 47.3 Å². The molecule has 0 spiro atoms. The Hall–Kier alpha value is -2.18. The number of aromatic nitrogens is 2. The van der Waals surface area contributed by atoms with Crippen molar-refractivity contribution in [1.82, 2.24) is 15.1 Å². The van der Waals surface area contributed by atoms with Gasteiger partial charge in [0.05, 0.1) is 18.0 Å². The first-order valence-electron chi connectivity index (χ1n) is 6.83. The lowest BCUT2D eigenvalue weighted by molar-refractivity contribution is -0.123. The van der Waals surface area contributed by atoms with Crippen LogP contribution in [0, 0.1) is 0 Å². The van der Waals surface area contributed by atoms with E-state index in [0.717, 1.165) is 11.4 Å². The molecule has 6 nitrogen and oxygen atoms in total. The zero-order valence-corrected chi connectivity index (χ0v) is 12.0. The first-order chi connectivity index (χ1) is 10.2. The molecule has 1 aromatic heterocycles. The van der Waals surface area contributed by atoms with Crippen molar-refractivity contribution in [3.05, 3.63) is 48.3 Å². The Balaban J connectivity index is 1.82. The van der Waals surface area contributed by atoms with Gasteiger partial charge in [-0.25, -0.2) is 4.68 Å². The van der Waals surface area contributed by atoms with E-state index in [9.17, 15) is 4.79 Å². The fourth-order valence-corrected chi connectivity index (χ4v) is 1.92. The maximum absolute atomic E-state index is 11.6. The van der Waals surface area contributed by atoms with Crippen molar-refractivity contribution in [2.24, 2.45) is 5.73 Å². The molecule has 1 aromatic carbocycles. The minimum Gasteiger partial charge on any atom is -0.383 e. The first-order valence-corrected chi connectivity index (χ1v) is 6.83. The van der Waals surface area contributed by atoms with Gasteiger partial charge in [0.2, 0.25) is 5.91 Å². The van der Waals surface area contributed by atoms with Gasteiger partial charge < -0.3 is 15.8 Å². The number of nitrogens with zero attached hydrogens (tertiary/aromatic N) is 2. The quantitative estimate of drug-likeness (QED) is 0.777. The third kappa shape index (κ3) is 4.40. The molecule has 1 heterocycles. The Labute approximate surface area is 123 Å². The average molecular weight is 288 g/mol. The number of ether oxygens (including phenoxy) is 1. The second-order valence-corrected chi connectivity index (χ2v) is 4.69.